The lowest BCUT2D eigenvalue weighted by Crippen LogP contribution is -2.42. The highest BCUT2D eigenvalue weighted by Crippen LogP contribution is 2.24. The smallest absolute Gasteiger partial charge is 0.232 e. The molecule has 0 spiro atoms. The van der Waals surface area contributed by atoms with E-state index in [1.807, 2.05) is 36.1 Å². The fourth-order valence-electron chi connectivity index (χ4n) is 2.67. The molecule has 0 aliphatic carbocycles. The molecule has 0 aromatic heterocycles. The van der Waals surface area contributed by atoms with Gasteiger partial charge in [-0.25, -0.2) is 0 Å². The average Bonchev–Trinajstić information content (AvgIpc) is 2.56. The average molecular weight is 336 g/mol. The molecule has 0 unspecified atom stereocenters. The number of likely N-dealkylation sites (tertiary alicyclic amines) is 1. The molecule has 2 N–H and O–H groups in total. The Morgan fingerprint density at radius 3 is 2.65 bits per heavy atom. The molecule has 0 radical (unpaired) electrons. The fourth-order valence-corrected chi connectivity index (χ4v) is 3.59. The summed E-state index contributed by atoms with van der Waals surface area (Å²) in [6.45, 7) is 3.85. The van der Waals surface area contributed by atoms with Gasteiger partial charge in [0.15, 0.2) is 0 Å². The summed E-state index contributed by atoms with van der Waals surface area (Å²) < 4.78 is 5.59. The second kappa shape index (κ2) is 8.82. The monoisotopic (exact) mass is 336 g/mol. The maximum atomic E-state index is 12.2. The van der Waals surface area contributed by atoms with E-state index in [9.17, 15) is 9.59 Å². The number of amides is 2. The van der Waals surface area contributed by atoms with Crippen LogP contribution < -0.4 is 10.5 Å². The van der Waals surface area contributed by atoms with Crippen LogP contribution in [-0.4, -0.2) is 42.2 Å². The number of carbonyl (C=O) groups excluding carboxylic acids is 2. The van der Waals surface area contributed by atoms with E-state index in [-0.39, 0.29) is 17.7 Å². The first kappa shape index (κ1) is 17.7. The lowest BCUT2D eigenvalue weighted by molar-refractivity contribution is -0.132. The van der Waals surface area contributed by atoms with Crippen LogP contribution in [0.3, 0.4) is 0 Å². The molecule has 1 saturated heterocycles. The van der Waals surface area contributed by atoms with Crippen LogP contribution in [0.1, 0.15) is 25.3 Å². The van der Waals surface area contributed by atoms with Crippen molar-refractivity contribution in [1.29, 1.82) is 0 Å². The Labute approximate surface area is 141 Å². The maximum absolute atomic E-state index is 12.2. The van der Waals surface area contributed by atoms with Gasteiger partial charge in [0, 0.05) is 30.3 Å². The highest BCUT2D eigenvalue weighted by atomic mass is 32.2. The third kappa shape index (κ3) is 5.16. The van der Waals surface area contributed by atoms with Crippen molar-refractivity contribution < 1.29 is 14.3 Å². The van der Waals surface area contributed by atoms with Crippen LogP contribution in [0.25, 0.3) is 0 Å². The highest BCUT2D eigenvalue weighted by Gasteiger charge is 2.25. The second-order valence-corrected chi connectivity index (χ2v) is 6.58. The largest absolute Gasteiger partial charge is 0.494 e. The Morgan fingerprint density at radius 2 is 2.00 bits per heavy atom. The van der Waals surface area contributed by atoms with E-state index in [1.54, 1.807) is 11.8 Å². The predicted octanol–water partition coefficient (Wildman–Crippen LogP) is 2.04. The normalized spacial score (nSPS) is 15.4. The second-order valence-electron chi connectivity index (χ2n) is 5.59. The quantitative estimate of drug-likeness (QED) is 0.827. The molecular formula is C17H24N2O3S. The van der Waals surface area contributed by atoms with E-state index in [1.165, 1.54) is 0 Å². The summed E-state index contributed by atoms with van der Waals surface area (Å²) in [4.78, 5) is 25.2. The van der Waals surface area contributed by atoms with Gasteiger partial charge in [0.1, 0.15) is 5.75 Å². The van der Waals surface area contributed by atoms with Gasteiger partial charge in [-0.2, -0.15) is 0 Å². The zero-order valence-corrected chi connectivity index (χ0v) is 14.3. The number of ether oxygens (including phenoxy) is 1. The number of hydrogen-bond donors (Lipinski definition) is 1. The molecule has 2 rings (SSSR count). The van der Waals surface area contributed by atoms with Crippen LogP contribution in [0.5, 0.6) is 5.75 Å². The molecule has 1 aliphatic rings. The van der Waals surface area contributed by atoms with Crippen LogP contribution in [0.15, 0.2) is 24.3 Å². The van der Waals surface area contributed by atoms with Gasteiger partial charge in [-0.1, -0.05) is 18.2 Å². The molecular weight excluding hydrogens is 312 g/mol. The Balaban J connectivity index is 1.76. The summed E-state index contributed by atoms with van der Waals surface area (Å²) in [6, 6.07) is 7.92. The fraction of sp³-hybridized carbons (Fsp3) is 0.529. The minimum absolute atomic E-state index is 0.0789. The van der Waals surface area contributed by atoms with Crippen LogP contribution >= 0.6 is 11.8 Å². The van der Waals surface area contributed by atoms with Crippen LogP contribution in [0.2, 0.25) is 0 Å². The molecule has 1 aromatic rings. The van der Waals surface area contributed by atoms with Gasteiger partial charge in [-0.05, 0) is 25.8 Å². The maximum Gasteiger partial charge on any atom is 0.232 e. The zero-order valence-electron chi connectivity index (χ0n) is 13.5. The molecule has 0 saturated carbocycles. The Hall–Kier alpha value is -1.69. The summed E-state index contributed by atoms with van der Waals surface area (Å²) in [6.07, 6.45) is 1.36. The number of nitrogens with zero attached hydrogens (tertiary/aromatic N) is 1. The SMILES string of the molecule is CCOc1ccccc1CSCC(=O)N1CCC(C(N)=O)CC1. The Morgan fingerprint density at radius 1 is 1.30 bits per heavy atom. The van der Waals surface area contributed by atoms with Gasteiger partial charge in [0.25, 0.3) is 0 Å². The van der Waals surface area contributed by atoms with Gasteiger partial charge in [-0.15, -0.1) is 11.8 Å². The molecule has 1 fully saturated rings. The number of carbonyl (C=O) groups is 2. The number of nitrogens with two attached hydrogens (primary N) is 1. The minimum atomic E-state index is -0.251. The van der Waals surface area contributed by atoms with Crippen molar-refractivity contribution >= 4 is 23.6 Å². The molecule has 126 valence electrons. The molecule has 6 heteroatoms. The van der Waals surface area contributed by atoms with Crippen molar-refractivity contribution in [3.63, 3.8) is 0 Å². The Kier molecular flexibility index (Phi) is 6.77. The molecule has 1 aliphatic heterocycles. The Bertz CT molecular complexity index is 542. The molecule has 2 amide bonds. The molecule has 0 bridgehead atoms. The molecule has 0 atom stereocenters. The van der Waals surface area contributed by atoms with Crippen molar-refractivity contribution in [2.24, 2.45) is 11.7 Å². The van der Waals surface area contributed by atoms with E-state index in [4.69, 9.17) is 10.5 Å². The molecule has 1 heterocycles. The van der Waals surface area contributed by atoms with E-state index in [0.717, 1.165) is 17.1 Å². The highest BCUT2D eigenvalue weighted by molar-refractivity contribution is 7.99. The number of rotatable bonds is 7. The van der Waals surface area contributed by atoms with Gasteiger partial charge >= 0.3 is 0 Å². The van der Waals surface area contributed by atoms with E-state index in [2.05, 4.69) is 0 Å². The zero-order chi connectivity index (χ0) is 16.7. The van der Waals surface area contributed by atoms with Gasteiger partial charge in [-0.3, -0.25) is 9.59 Å². The van der Waals surface area contributed by atoms with Crippen molar-refractivity contribution in [3.8, 4) is 5.75 Å². The molecule has 23 heavy (non-hydrogen) atoms. The summed E-state index contributed by atoms with van der Waals surface area (Å²) in [7, 11) is 0. The number of primary amides is 1. The summed E-state index contributed by atoms with van der Waals surface area (Å²) >= 11 is 1.59. The van der Waals surface area contributed by atoms with Gasteiger partial charge in [0.05, 0.1) is 12.4 Å². The molecule has 5 nitrogen and oxygen atoms in total. The number of piperidine rings is 1. The lowest BCUT2D eigenvalue weighted by atomic mass is 9.96. The molecule has 1 aromatic carbocycles. The van der Waals surface area contributed by atoms with E-state index in [0.29, 0.717) is 38.3 Å². The number of benzene rings is 1. The number of hydrogen-bond acceptors (Lipinski definition) is 4. The third-order valence-corrected chi connectivity index (χ3v) is 4.97. The van der Waals surface area contributed by atoms with Crippen LogP contribution in [-0.2, 0) is 15.3 Å². The first-order chi connectivity index (χ1) is 11.1. The predicted molar refractivity (Wildman–Crippen MR) is 92.3 cm³/mol. The third-order valence-electron chi connectivity index (χ3n) is 4.01. The van der Waals surface area contributed by atoms with Crippen LogP contribution in [0, 0.1) is 5.92 Å². The van der Waals surface area contributed by atoms with E-state index < -0.39 is 0 Å². The van der Waals surface area contributed by atoms with Crippen molar-refractivity contribution in [3.05, 3.63) is 29.8 Å². The van der Waals surface area contributed by atoms with Gasteiger partial charge in [0.2, 0.25) is 11.8 Å². The van der Waals surface area contributed by atoms with Crippen LogP contribution in [0.4, 0.5) is 0 Å². The standard InChI is InChI=1S/C17H24N2O3S/c1-2-22-15-6-4-3-5-14(15)11-23-12-16(20)19-9-7-13(8-10-19)17(18)21/h3-6,13H,2,7-12H2,1H3,(H2,18,21). The lowest BCUT2D eigenvalue weighted by Gasteiger charge is -2.30. The van der Waals surface area contributed by atoms with Gasteiger partial charge < -0.3 is 15.4 Å². The van der Waals surface area contributed by atoms with Crippen molar-refractivity contribution in [2.45, 2.75) is 25.5 Å². The number of para-hydroxylation sites is 1. The first-order valence-corrected chi connectivity index (χ1v) is 9.12. The first-order valence-electron chi connectivity index (χ1n) is 7.97. The number of thioether (sulfide) groups is 1. The summed E-state index contributed by atoms with van der Waals surface area (Å²) in [5, 5.41) is 0. The summed E-state index contributed by atoms with van der Waals surface area (Å²) in [5.41, 5.74) is 6.42. The minimum Gasteiger partial charge on any atom is -0.494 e. The summed E-state index contributed by atoms with van der Waals surface area (Å²) in [5.74, 6) is 1.88. The van der Waals surface area contributed by atoms with E-state index >= 15 is 0 Å². The van der Waals surface area contributed by atoms with Crippen molar-refractivity contribution in [2.75, 3.05) is 25.4 Å². The van der Waals surface area contributed by atoms with Crippen molar-refractivity contribution in [1.82, 2.24) is 4.90 Å². The topological polar surface area (TPSA) is 72.6 Å².